The van der Waals surface area contributed by atoms with Gasteiger partial charge in [0.25, 0.3) is 0 Å². The molecule has 0 nitrogen and oxygen atoms in total. The topological polar surface area (TPSA) is 0 Å². The summed E-state index contributed by atoms with van der Waals surface area (Å²) in [5, 5.41) is -5.22. The maximum atomic E-state index is 11.5. The number of hydrogen-bond donors (Lipinski definition) is 0. The Morgan fingerprint density at radius 1 is 0.692 bits per heavy atom. The molecule has 168 valence electrons. The second-order valence-corrected chi connectivity index (χ2v) is 5.13. The zero-order chi connectivity index (χ0) is 22.0. The zero-order valence-corrected chi connectivity index (χ0v) is 17.2. The van der Waals surface area contributed by atoms with Gasteiger partial charge in [0.15, 0.2) is 22.0 Å². The Morgan fingerprint density at radius 2 is 0.808 bits per heavy atom. The van der Waals surface area contributed by atoms with Crippen molar-refractivity contribution in [2.24, 2.45) is 0 Å². The normalized spacial score (nSPS) is 14.5. The molecule has 0 rings (SSSR count). The standard InChI is InChI=1S/2C3H2Cl2F4.C2H5Cl.CH3Cl.CH3F.CH4/c2*4-1(2(5)6)3(7,8)9;1-2-3;2*1-2;/h2*1-2H;2H2,1H3;2*1H3;1H4. The van der Waals surface area contributed by atoms with Gasteiger partial charge in [-0.1, -0.05) is 37.6 Å². The smallest absolute Gasteiger partial charge is 0.255 e. The van der Waals surface area contributed by atoms with Crippen LogP contribution in [0.3, 0.4) is 0 Å². The molecule has 0 aliphatic heterocycles. The molecule has 15 heteroatoms. The maximum Gasteiger partial charge on any atom is 0.409 e. The molecule has 26 heavy (non-hydrogen) atoms. The first-order chi connectivity index (χ1) is 11.1. The van der Waals surface area contributed by atoms with E-state index in [0.29, 0.717) is 7.18 Å². The van der Waals surface area contributed by atoms with Gasteiger partial charge >= 0.3 is 12.4 Å². The van der Waals surface area contributed by atoms with Crippen LogP contribution in [0.1, 0.15) is 14.4 Å². The van der Waals surface area contributed by atoms with E-state index < -0.39 is 34.4 Å². The largest absolute Gasteiger partial charge is 0.409 e. The van der Waals surface area contributed by atoms with Gasteiger partial charge in [-0.05, 0) is 0 Å². The molecule has 4 atom stereocenters. The maximum absolute atomic E-state index is 11.5. The SMILES string of the molecule is C.CCCl.CCl.CF.FC(Cl)C(Cl)C(F)(F)F.FC(Cl)C(Cl)C(F)(F)F. The summed E-state index contributed by atoms with van der Waals surface area (Å²) in [6, 6.07) is 0. The van der Waals surface area contributed by atoms with Crippen LogP contribution in [0.25, 0.3) is 0 Å². The molecule has 0 saturated carbocycles. The summed E-state index contributed by atoms with van der Waals surface area (Å²) in [6.07, 6.45) is -8.05. The fourth-order valence-corrected chi connectivity index (χ4v) is 0.571. The van der Waals surface area contributed by atoms with E-state index in [4.69, 9.17) is 11.6 Å². The third-order valence-electron chi connectivity index (χ3n) is 1.07. The minimum Gasteiger partial charge on any atom is -0.255 e. The summed E-state index contributed by atoms with van der Waals surface area (Å²) < 4.78 is 100.0. The van der Waals surface area contributed by atoms with Gasteiger partial charge in [-0.15, -0.1) is 46.4 Å². The van der Waals surface area contributed by atoms with Crippen molar-refractivity contribution in [3.63, 3.8) is 0 Å². The van der Waals surface area contributed by atoms with Crippen LogP contribution in [0, 0.1) is 0 Å². The Morgan fingerprint density at radius 3 is 0.808 bits per heavy atom. The van der Waals surface area contributed by atoms with Crippen molar-refractivity contribution in [3.8, 4) is 0 Å². The molecule has 0 spiro atoms. The van der Waals surface area contributed by atoms with E-state index >= 15 is 0 Å². The van der Waals surface area contributed by atoms with Gasteiger partial charge in [0.1, 0.15) is 0 Å². The van der Waals surface area contributed by atoms with Gasteiger partial charge in [0, 0.05) is 12.3 Å². The molecular weight excluding hydrogens is 516 g/mol. The summed E-state index contributed by atoms with van der Waals surface area (Å²) in [7, 11) is 0.500. The molecule has 0 fully saturated rings. The molecule has 0 bridgehead atoms. The molecule has 0 aliphatic rings. The highest BCUT2D eigenvalue weighted by Gasteiger charge is 2.43. The quantitative estimate of drug-likeness (QED) is 0.245. The summed E-state index contributed by atoms with van der Waals surface area (Å²) in [5.74, 6) is 0.722. The summed E-state index contributed by atoms with van der Waals surface area (Å²) >= 11 is 27.3. The Bertz CT molecular complexity index is 225. The van der Waals surface area contributed by atoms with Crippen LogP contribution in [0.2, 0.25) is 0 Å². The summed E-state index contributed by atoms with van der Waals surface area (Å²) in [6.45, 7) is 1.89. The van der Waals surface area contributed by atoms with Crippen LogP contribution in [0.5, 0.6) is 0 Å². The molecule has 4 unspecified atom stereocenters. The van der Waals surface area contributed by atoms with Crippen molar-refractivity contribution in [1.29, 1.82) is 0 Å². The molecule has 0 N–H and O–H groups in total. The molecule has 0 heterocycles. The van der Waals surface area contributed by atoms with Gasteiger partial charge in [0.05, 0.1) is 7.18 Å². The number of rotatable bonds is 2. The van der Waals surface area contributed by atoms with Crippen LogP contribution >= 0.6 is 69.6 Å². The lowest BCUT2D eigenvalue weighted by Gasteiger charge is -2.11. The minimum absolute atomic E-state index is 0. The predicted molar refractivity (Wildman–Crippen MR) is 94.8 cm³/mol. The fourth-order valence-electron chi connectivity index (χ4n) is 0.286. The molecule has 0 aromatic rings. The van der Waals surface area contributed by atoms with Gasteiger partial charge in [-0.2, -0.15) is 26.3 Å². The number of halogens is 15. The zero-order valence-electron chi connectivity index (χ0n) is 12.7. The highest BCUT2D eigenvalue weighted by molar-refractivity contribution is 6.30. The van der Waals surface area contributed by atoms with Crippen LogP contribution in [-0.4, -0.2) is 53.8 Å². The Hall–Kier alpha value is 1.11. The Balaban J connectivity index is -0.0000000556. The van der Waals surface area contributed by atoms with Crippen molar-refractivity contribution in [2.45, 2.75) is 48.7 Å². The number of alkyl halides is 15. The van der Waals surface area contributed by atoms with Crippen LogP contribution in [0.15, 0.2) is 0 Å². The van der Waals surface area contributed by atoms with E-state index in [1.807, 2.05) is 6.92 Å². The highest BCUT2D eigenvalue weighted by Crippen LogP contribution is 2.30. The minimum atomic E-state index is -4.76. The van der Waals surface area contributed by atoms with Gasteiger partial charge in [0.2, 0.25) is 0 Å². The average Bonchev–Trinajstić information content (AvgIpc) is 2.49. The third kappa shape index (κ3) is 32.8. The Labute approximate surface area is 177 Å². The van der Waals surface area contributed by atoms with Crippen LogP contribution in [0.4, 0.5) is 39.5 Å². The molecule has 0 aromatic carbocycles. The van der Waals surface area contributed by atoms with E-state index in [-0.39, 0.29) is 7.43 Å². The van der Waals surface area contributed by atoms with E-state index in [0.717, 1.165) is 5.88 Å². The Kier molecular flexibility index (Phi) is 38.5. The molecular formula is C11H19Cl6F9. The first-order valence-electron chi connectivity index (χ1n) is 5.42. The lowest BCUT2D eigenvalue weighted by molar-refractivity contribution is -0.137. The fraction of sp³-hybridized carbons (Fsp3) is 1.00. The van der Waals surface area contributed by atoms with E-state index in [2.05, 4.69) is 58.0 Å². The predicted octanol–water partition coefficient (Wildman–Crippen LogP) is 8.70. The van der Waals surface area contributed by atoms with Crippen LogP contribution in [-0.2, 0) is 0 Å². The van der Waals surface area contributed by atoms with Crippen molar-refractivity contribution in [2.75, 3.05) is 19.4 Å². The number of hydrogen-bond acceptors (Lipinski definition) is 0. The highest BCUT2D eigenvalue weighted by atomic mass is 35.5. The van der Waals surface area contributed by atoms with E-state index in [1.165, 1.54) is 6.38 Å². The lowest BCUT2D eigenvalue weighted by Crippen LogP contribution is -2.29. The molecule has 0 aliphatic carbocycles. The van der Waals surface area contributed by atoms with Crippen molar-refractivity contribution >= 4 is 69.6 Å². The van der Waals surface area contributed by atoms with Crippen molar-refractivity contribution in [3.05, 3.63) is 0 Å². The molecule has 0 radical (unpaired) electrons. The summed E-state index contributed by atoms with van der Waals surface area (Å²) in [5.41, 5.74) is -5.15. The van der Waals surface area contributed by atoms with E-state index in [1.54, 1.807) is 0 Å². The second kappa shape index (κ2) is 24.1. The first kappa shape index (κ1) is 41.5. The molecule has 0 saturated heterocycles. The molecule has 0 aromatic heterocycles. The van der Waals surface area contributed by atoms with Crippen molar-refractivity contribution < 1.29 is 39.5 Å². The lowest BCUT2D eigenvalue weighted by atomic mass is 10.4. The first-order valence-corrected chi connectivity index (χ1v) is 8.45. The average molecular weight is 535 g/mol. The third-order valence-corrected chi connectivity index (χ3v) is 2.77. The monoisotopic (exact) mass is 532 g/mol. The van der Waals surface area contributed by atoms with Gasteiger partial charge in [-0.25, -0.2) is 8.78 Å². The van der Waals surface area contributed by atoms with Crippen molar-refractivity contribution in [1.82, 2.24) is 0 Å². The van der Waals surface area contributed by atoms with Gasteiger partial charge < -0.3 is 0 Å². The second-order valence-electron chi connectivity index (χ2n) is 2.82. The summed E-state index contributed by atoms with van der Waals surface area (Å²) in [4.78, 5) is 0. The van der Waals surface area contributed by atoms with E-state index in [9.17, 15) is 39.5 Å². The van der Waals surface area contributed by atoms with Gasteiger partial charge in [-0.3, -0.25) is 4.39 Å². The molecule has 0 amide bonds. The van der Waals surface area contributed by atoms with Crippen LogP contribution < -0.4 is 0 Å².